The smallest absolute Gasteiger partial charge is 0.322 e. The number of ether oxygens (including phenoxy) is 1. The summed E-state index contributed by atoms with van der Waals surface area (Å²) in [6.07, 6.45) is -0.320. The molecule has 0 bridgehead atoms. The lowest BCUT2D eigenvalue weighted by Crippen LogP contribution is -2.48. The van der Waals surface area contributed by atoms with E-state index >= 15 is 0 Å². The summed E-state index contributed by atoms with van der Waals surface area (Å²) >= 11 is 0. The zero-order chi connectivity index (χ0) is 15.3. The standard InChI is InChI=1S/C11H21NO6S/c1-5-18-10(15)8-19(16,17)12(11(2,3)4)7-6-9(13)14/h5-8H2,1-4H3,(H,13,14). The first-order valence-electron chi connectivity index (χ1n) is 5.88. The molecule has 0 radical (unpaired) electrons. The summed E-state index contributed by atoms with van der Waals surface area (Å²) in [6.45, 7) is 6.41. The van der Waals surface area contributed by atoms with Gasteiger partial charge in [0, 0.05) is 12.1 Å². The molecular weight excluding hydrogens is 274 g/mol. The van der Waals surface area contributed by atoms with Crippen molar-refractivity contribution >= 4 is 22.0 Å². The van der Waals surface area contributed by atoms with Crippen molar-refractivity contribution in [3.05, 3.63) is 0 Å². The Hall–Kier alpha value is -1.15. The molecule has 0 aromatic carbocycles. The highest BCUT2D eigenvalue weighted by molar-refractivity contribution is 7.89. The molecule has 0 aliphatic carbocycles. The number of esters is 1. The van der Waals surface area contributed by atoms with Gasteiger partial charge in [-0.15, -0.1) is 0 Å². The molecule has 0 saturated carbocycles. The second-order valence-corrected chi connectivity index (χ2v) is 6.84. The molecule has 0 amide bonds. The van der Waals surface area contributed by atoms with E-state index in [0.29, 0.717) is 0 Å². The van der Waals surface area contributed by atoms with Gasteiger partial charge in [-0.1, -0.05) is 0 Å². The average Bonchev–Trinajstić information content (AvgIpc) is 2.13. The molecule has 7 nitrogen and oxygen atoms in total. The highest BCUT2D eigenvalue weighted by atomic mass is 32.2. The van der Waals surface area contributed by atoms with Gasteiger partial charge in [-0.3, -0.25) is 9.59 Å². The Morgan fingerprint density at radius 3 is 2.16 bits per heavy atom. The average molecular weight is 295 g/mol. The third kappa shape index (κ3) is 6.53. The van der Waals surface area contributed by atoms with Gasteiger partial charge in [0.05, 0.1) is 13.0 Å². The van der Waals surface area contributed by atoms with Gasteiger partial charge in [0.15, 0.2) is 5.75 Å². The normalized spacial score (nSPS) is 12.5. The van der Waals surface area contributed by atoms with Crippen LogP contribution < -0.4 is 0 Å². The van der Waals surface area contributed by atoms with Crippen LogP contribution in [0.15, 0.2) is 0 Å². The first-order chi connectivity index (χ1) is 8.50. The summed E-state index contributed by atoms with van der Waals surface area (Å²) in [4.78, 5) is 21.9. The second-order valence-electron chi connectivity index (χ2n) is 4.95. The van der Waals surface area contributed by atoms with Crippen LogP contribution >= 0.6 is 0 Å². The molecule has 0 spiro atoms. The molecular formula is C11H21NO6S. The van der Waals surface area contributed by atoms with Crippen LogP contribution in [0.2, 0.25) is 0 Å². The highest BCUT2D eigenvalue weighted by Gasteiger charge is 2.34. The lowest BCUT2D eigenvalue weighted by molar-refractivity contribution is -0.140. The molecule has 0 aliphatic heterocycles. The number of nitrogens with zero attached hydrogens (tertiary/aromatic N) is 1. The molecule has 0 heterocycles. The SMILES string of the molecule is CCOC(=O)CS(=O)(=O)N(CCC(=O)O)C(C)(C)C. The van der Waals surface area contributed by atoms with Crippen molar-refractivity contribution in [2.45, 2.75) is 39.7 Å². The fourth-order valence-electron chi connectivity index (χ4n) is 1.52. The zero-order valence-electron chi connectivity index (χ0n) is 11.7. The Labute approximate surface area is 113 Å². The number of aliphatic carboxylic acids is 1. The van der Waals surface area contributed by atoms with Crippen LogP contribution in [0, 0.1) is 0 Å². The van der Waals surface area contributed by atoms with Gasteiger partial charge in [0.25, 0.3) is 0 Å². The van der Waals surface area contributed by atoms with E-state index in [1.54, 1.807) is 27.7 Å². The van der Waals surface area contributed by atoms with Crippen LogP contribution in [0.3, 0.4) is 0 Å². The molecule has 8 heteroatoms. The maximum atomic E-state index is 12.1. The van der Waals surface area contributed by atoms with Crippen LogP contribution in [0.4, 0.5) is 0 Å². The van der Waals surface area contributed by atoms with Gasteiger partial charge in [0.2, 0.25) is 10.0 Å². The van der Waals surface area contributed by atoms with Gasteiger partial charge < -0.3 is 9.84 Å². The number of carbonyl (C=O) groups excluding carboxylic acids is 1. The van der Waals surface area contributed by atoms with E-state index in [2.05, 4.69) is 4.74 Å². The minimum Gasteiger partial charge on any atom is -0.481 e. The number of rotatable bonds is 7. The third-order valence-corrected chi connectivity index (χ3v) is 4.22. The fourth-order valence-corrected chi connectivity index (χ4v) is 3.26. The monoisotopic (exact) mass is 295 g/mol. The molecule has 0 atom stereocenters. The first-order valence-corrected chi connectivity index (χ1v) is 7.49. The van der Waals surface area contributed by atoms with Crippen molar-refractivity contribution in [1.82, 2.24) is 4.31 Å². The summed E-state index contributed by atoms with van der Waals surface area (Å²) in [5.41, 5.74) is -0.805. The molecule has 0 rings (SSSR count). The topological polar surface area (TPSA) is 101 Å². The van der Waals surface area contributed by atoms with E-state index < -0.39 is 33.3 Å². The largest absolute Gasteiger partial charge is 0.481 e. The van der Waals surface area contributed by atoms with Crippen molar-refractivity contribution in [2.75, 3.05) is 18.9 Å². The van der Waals surface area contributed by atoms with Crippen molar-refractivity contribution in [3.63, 3.8) is 0 Å². The minimum atomic E-state index is -3.90. The summed E-state index contributed by atoms with van der Waals surface area (Å²) < 4.78 is 29.8. The third-order valence-electron chi connectivity index (χ3n) is 2.22. The molecule has 0 aromatic rings. The maximum Gasteiger partial charge on any atom is 0.322 e. The fraction of sp³-hybridized carbons (Fsp3) is 0.818. The molecule has 0 aromatic heterocycles. The van der Waals surface area contributed by atoms with Crippen molar-refractivity contribution in [1.29, 1.82) is 0 Å². The van der Waals surface area contributed by atoms with Gasteiger partial charge in [-0.2, -0.15) is 4.31 Å². The number of carboxylic acids is 1. The summed E-state index contributed by atoms with van der Waals surface area (Å²) in [7, 11) is -3.90. The number of hydrogen-bond acceptors (Lipinski definition) is 5. The van der Waals surface area contributed by atoms with E-state index in [1.165, 1.54) is 0 Å². The molecule has 0 aliphatic rings. The molecule has 112 valence electrons. The van der Waals surface area contributed by atoms with E-state index in [4.69, 9.17) is 5.11 Å². The predicted molar refractivity (Wildman–Crippen MR) is 69.1 cm³/mol. The first kappa shape index (κ1) is 17.8. The Kier molecular flexibility index (Phi) is 6.44. The number of sulfonamides is 1. The Morgan fingerprint density at radius 1 is 1.26 bits per heavy atom. The molecule has 0 saturated heterocycles. The van der Waals surface area contributed by atoms with Gasteiger partial charge >= 0.3 is 11.9 Å². The summed E-state index contributed by atoms with van der Waals surface area (Å²) in [5, 5.41) is 8.65. The number of carbonyl (C=O) groups is 2. The Bertz CT molecular complexity index is 423. The van der Waals surface area contributed by atoms with Gasteiger partial charge in [-0.05, 0) is 27.7 Å². The van der Waals surface area contributed by atoms with Crippen LogP contribution in [-0.4, -0.2) is 54.2 Å². The molecule has 0 fully saturated rings. The van der Waals surface area contributed by atoms with E-state index in [0.717, 1.165) is 4.31 Å². The van der Waals surface area contributed by atoms with Crippen LogP contribution in [0.1, 0.15) is 34.1 Å². The number of carboxylic acid groups (broad SMARTS) is 1. The molecule has 1 N–H and O–H groups in total. The minimum absolute atomic E-state index is 0.0962. The Balaban J connectivity index is 5.03. The zero-order valence-corrected chi connectivity index (χ0v) is 12.5. The van der Waals surface area contributed by atoms with Crippen molar-refractivity contribution in [3.8, 4) is 0 Å². The van der Waals surface area contributed by atoms with E-state index in [1.807, 2.05) is 0 Å². The predicted octanol–water partition coefficient (Wildman–Crippen LogP) is 0.454. The lowest BCUT2D eigenvalue weighted by atomic mass is 10.1. The van der Waals surface area contributed by atoms with Gasteiger partial charge in [0.1, 0.15) is 0 Å². The van der Waals surface area contributed by atoms with Crippen LogP contribution in [0.5, 0.6) is 0 Å². The maximum absolute atomic E-state index is 12.1. The number of hydrogen-bond donors (Lipinski definition) is 1. The second kappa shape index (κ2) is 6.85. The molecule has 0 unspecified atom stereocenters. The van der Waals surface area contributed by atoms with E-state index in [-0.39, 0.29) is 19.6 Å². The van der Waals surface area contributed by atoms with Crippen molar-refractivity contribution in [2.24, 2.45) is 0 Å². The van der Waals surface area contributed by atoms with Gasteiger partial charge in [-0.25, -0.2) is 8.42 Å². The highest BCUT2D eigenvalue weighted by Crippen LogP contribution is 2.19. The quantitative estimate of drug-likeness (QED) is 0.684. The van der Waals surface area contributed by atoms with Crippen LogP contribution in [-0.2, 0) is 24.3 Å². The summed E-state index contributed by atoms with van der Waals surface area (Å²) in [5.74, 6) is -2.72. The molecule has 19 heavy (non-hydrogen) atoms. The van der Waals surface area contributed by atoms with Crippen LogP contribution in [0.25, 0.3) is 0 Å². The Morgan fingerprint density at radius 2 is 1.79 bits per heavy atom. The lowest BCUT2D eigenvalue weighted by Gasteiger charge is -2.33. The van der Waals surface area contributed by atoms with E-state index in [9.17, 15) is 18.0 Å². The van der Waals surface area contributed by atoms with Crippen molar-refractivity contribution < 1.29 is 27.9 Å². The summed E-state index contributed by atoms with van der Waals surface area (Å²) in [6, 6.07) is 0.